The topological polar surface area (TPSA) is 51.3 Å². The van der Waals surface area contributed by atoms with Crippen LogP contribution in [0.3, 0.4) is 0 Å². The van der Waals surface area contributed by atoms with Crippen molar-refractivity contribution < 1.29 is 18.7 Å². The van der Waals surface area contributed by atoms with E-state index in [1.165, 1.54) is 19.2 Å². The van der Waals surface area contributed by atoms with E-state index in [-0.39, 0.29) is 18.2 Å². The monoisotopic (exact) mass is 403 g/mol. The number of hydrogen-bond donors (Lipinski definition) is 1. The van der Waals surface area contributed by atoms with Gasteiger partial charge in [0.1, 0.15) is 18.2 Å². The van der Waals surface area contributed by atoms with E-state index in [1.807, 2.05) is 48.5 Å². The van der Waals surface area contributed by atoms with E-state index in [4.69, 9.17) is 9.47 Å². The molecule has 0 amide bonds. The third-order valence-electron chi connectivity index (χ3n) is 5.07. The number of ether oxygens (including phenoxy) is 2. The first kappa shape index (κ1) is 19.7. The number of methoxy groups -OCH3 is 1. The Morgan fingerprint density at radius 3 is 2.50 bits per heavy atom. The number of nitrogens with one attached hydrogen (secondary N) is 1. The fraction of sp³-hybridized carbons (Fsp3) is 0.160. The van der Waals surface area contributed by atoms with Crippen LogP contribution in [-0.4, -0.2) is 18.1 Å². The highest BCUT2D eigenvalue weighted by atomic mass is 19.1. The molecule has 0 spiro atoms. The van der Waals surface area contributed by atoms with E-state index < -0.39 is 0 Å². The summed E-state index contributed by atoms with van der Waals surface area (Å²) in [6, 6.07) is 22.1. The zero-order valence-electron chi connectivity index (χ0n) is 16.7. The highest BCUT2D eigenvalue weighted by Crippen LogP contribution is 2.34. The second-order valence-corrected chi connectivity index (χ2v) is 7.04. The Hall–Kier alpha value is -3.60. The summed E-state index contributed by atoms with van der Waals surface area (Å²) < 4.78 is 24.2. The molecule has 4 nitrogen and oxygen atoms in total. The van der Waals surface area contributed by atoms with Crippen molar-refractivity contribution in [3.8, 4) is 17.0 Å². The first-order valence-electron chi connectivity index (χ1n) is 9.78. The van der Waals surface area contributed by atoms with Crippen molar-refractivity contribution in [3.05, 3.63) is 89.7 Å². The van der Waals surface area contributed by atoms with E-state index in [0.29, 0.717) is 13.0 Å². The molecule has 152 valence electrons. The van der Waals surface area contributed by atoms with Crippen LogP contribution in [0.25, 0.3) is 22.2 Å². The highest BCUT2D eigenvalue weighted by Gasteiger charge is 2.16. The van der Waals surface area contributed by atoms with Crippen LogP contribution in [0.2, 0.25) is 0 Å². The third-order valence-corrected chi connectivity index (χ3v) is 5.07. The Labute approximate surface area is 174 Å². The van der Waals surface area contributed by atoms with E-state index in [9.17, 15) is 9.18 Å². The van der Waals surface area contributed by atoms with Crippen LogP contribution >= 0.6 is 0 Å². The molecular weight excluding hydrogens is 381 g/mol. The van der Waals surface area contributed by atoms with Gasteiger partial charge in [0.05, 0.1) is 7.11 Å². The summed E-state index contributed by atoms with van der Waals surface area (Å²) in [5.41, 5.74) is 4.73. The second kappa shape index (κ2) is 8.82. The molecule has 0 radical (unpaired) electrons. The lowest BCUT2D eigenvalue weighted by Gasteiger charge is -2.08. The molecule has 0 saturated carbocycles. The summed E-state index contributed by atoms with van der Waals surface area (Å²) in [7, 11) is 1.38. The summed E-state index contributed by atoms with van der Waals surface area (Å²) in [5.74, 6) is 0.184. The predicted molar refractivity (Wildman–Crippen MR) is 115 cm³/mol. The Bertz CT molecular complexity index is 1150. The standard InChI is InChI=1S/C25H22FNO3/c1-29-24(28)14-12-21-22-15-20(30-16-17-5-3-2-4-6-17)11-13-23(22)27-25(21)18-7-9-19(26)10-8-18/h2-11,13,15,27H,12,14,16H2,1H3. The number of benzene rings is 3. The van der Waals surface area contributed by atoms with E-state index >= 15 is 0 Å². The maximum Gasteiger partial charge on any atom is 0.305 e. The molecule has 0 atom stereocenters. The quantitative estimate of drug-likeness (QED) is 0.405. The van der Waals surface area contributed by atoms with Gasteiger partial charge in [0.15, 0.2) is 0 Å². The maximum absolute atomic E-state index is 13.4. The Kier molecular flexibility index (Phi) is 5.80. The third kappa shape index (κ3) is 4.35. The zero-order valence-corrected chi connectivity index (χ0v) is 16.7. The minimum Gasteiger partial charge on any atom is -0.489 e. The number of halogens is 1. The summed E-state index contributed by atoms with van der Waals surface area (Å²) in [6.45, 7) is 0.471. The zero-order chi connectivity index (χ0) is 20.9. The van der Waals surface area contributed by atoms with Crippen molar-refractivity contribution in [1.29, 1.82) is 0 Å². The Morgan fingerprint density at radius 1 is 1.00 bits per heavy atom. The molecule has 5 heteroatoms. The molecule has 1 N–H and O–H groups in total. The van der Waals surface area contributed by atoms with Crippen molar-refractivity contribution in [3.63, 3.8) is 0 Å². The Balaban J connectivity index is 1.69. The number of esters is 1. The molecule has 30 heavy (non-hydrogen) atoms. The van der Waals surface area contributed by atoms with E-state index in [2.05, 4.69) is 4.98 Å². The van der Waals surface area contributed by atoms with Gasteiger partial charge in [-0.1, -0.05) is 30.3 Å². The summed E-state index contributed by atoms with van der Waals surface area (Å²) in [6.07, 6.45) is 0.758. The van der Waals surface area contributed by atoms with Crippen molar-refractivity contribution in [1.82, 2.24) is 4.98 Å². The fourth-order valence-corrected chi connectivity index (χ4v) is 3.51. The predicted octanol–water partition coefficient (Wildman–Crippen LogP) is 5.66. The average molecular weight is 403 g/mol. The summed E-state index contributed by atoms with van der Waals surface area (Å²) in [5, 5.41) is 0.976. The molecule has 1 aromatic heterocycles. The highest BCUT2D eigenvalue weighted by molar-refractivity contribution is 5.92. The minimum atomic E-state index is -0.289. The number of carbonyl (C=O) groups excluding carboxylic acids is 1. The van der Waals surface area contributed by atoms with Gasteiger partial charge in [0.25, 0.3) is 0 Å². The first-order valence-corrected chi connectivity index (χ1v) is 9.78. The van der Waals surface area contributed by atoms with Crippen molar-refractivity contribution in [2.75, 3.05) is 7.11 Å². The number of hydrogen-bond acceptors (Lipinski definition) is 3. The van der Waals surface area contributed by atoms with Gasteiger partial charge in [0, 0.05) is 23.0 Å². The number of H-pyrrole nitrogens is 1. The fourth-order valence-electron chi connectivity index (χ4n) is 3.51. The molecule has 4 rings (SSSR count). The lowest BCUT2D eigenvalue weighted by Crippen LogP contribution is -2.02. The second-order valence-electron chi connectivity index (χ2n) is 7.04. The average Bonchev–Trinajstić information content (AvgIpc) is 3.15. The molecule has 0 saturated heterocycles. The molecule has 3 aromatic carbocycles. The number of aromatic amines is 1. The maximum atomic E-state index is 13.4. The molecule has 1 heterocycles. The number of fused-ring (bicyclic) bond motifs is 1. The smallest absolute Gasteiger partial charge is 0.305 e. The van der Waals surface area contributed by atoms with Gasteiger partial charge in [-0.2, -0.15) is 0 Å². The van der Waals surface area contributed by atoms with Gasteiger partial charge in [-0.25, -0.2) is 4.39 Å². The van der Waals surface area contributed by atoms with Crippen LogP contribution in [0.4, 0.5) is 4.39 Å². The van der Waals surface area contributed by atoms with Crippen molar-refractivity contribution >= 4 is 16.9 Å². The van der Waals surface area contributed by atoms with Gasteiger partial charge in [-0.05, 0) is 65.6 Å². The van der Waals surface area contributed by atoms with Crippen molar-refractivity contribution in [2.24, 2.45) is 0 Å². The number of carbonyl (C=O) groups is 1. The normalized spacial score (nSPS) is 10.9. The molecule has 0 fully saturated rings. The lowest BCUT2D eigenvalue weighted by atomic mass is 10.0. The largest absolute Gasteiger partial charge is 0.489 e. The molecule has 0 aliphatic carbocycles. The number of aromatic nitrogens is 1. The number of aryl methyl sites for hydroxylation is 1. The SMILES string of the molecule is COC(=O)CCc1c(-c2ccc(F)cc2)[nH]c2ccc(OCc3ccccc3)cc12. The van der Waals surface area contributed by atoms with E-state index in [0.717, 1.165) is 39.0 Å². The molecule has 0 unspecified atom stereocenters. The lowest BCUT2D eigenvalue weighted by molar-refractivity contribution is -0.140. The van der Waals surface area contributed by atoms with Crippen LogP contribution in [0.5, 0.6) is 5.75 Å². The molecule has 4 aromatic rings. The van der Waals surface area contributed by atoms with Crippen LogP contribution in [0.1, 0.15) is 17.5 Å². The molecular formula is C25H22FNO3. The van der Waals surface area contributed by atoms with Crippen molar-refractivity contribution in [2.45, 2.75) is 19.4 Å². The first-order chi connectivity index (χ1) is 14.6. The summed E-state index contributed by atoms with van der Waals surface area (Å²) >= 11 is 0. The number of rotatable bonds is 7. The molecule has 0 bridgehead atoms. The van der Waals surface area contributed by atoms with Gasteiger partial charge >= 0.3 is 5.97 Å². The Morgan fingerprint density at radius 2 is 1.77 bits per heavy atom. The molecule has 0 aliphatic rings. The van der Waals surface area contributed by atoms with Crippen LogP contribution in [-0.2, 0) is 22.6 Å². The van der Waals surface area contributed by atoms with E-state index in [1.54, 1.807) is 12.1 Å². The van der Waals surface area contributed by atoms with Crippen LogP contribution < -0.4 is 4.74 Å². The van der Waals surface area contributed by atoms with Crippen LogP contribution in [0, 0.1) is 5.82 Å². The van der Waals surface area contributed by atoms with Gasteiger partial charge < -0.3 is 14.5 Å². The van der Waals surface area contributed by atoms with Gasteiger partial charge in [-0.3, -0.25) is 4.79 Å². The van der Waals surface area contributed by atoms with Gasteiger partial charge in [-0.15, -0.1) is 0 Å². The summed E-state index contributed by atoms with van der Waals surface area (Å²) in [4.78, 5) is 15.2. The van der Waals surface area contributed by atoms with Crippen LogP contribution in [0.15, 0.2) is 72.8 Å². The minimum absolute atomic E-state index is 0.257. The van der Waals surface area contributed by atoms with Gasteiger partial charge in [0.2, 0.25) is 0 Å². The molecule has 0 aliphatic heterocycles.